The molecule has 15 nitrogen and oxygen atoms in total. The lowest BCUT2D eigenvalue weighted by molar-refractivity contribution is 0.0620. The average Bonchev–Trinajstić information content (AvgIpc) is 1.46. The Balaban J connectivity index is 0.000000135. The Morgan fingerprint density at radius 2 is 0.850 bits per heavy atom. The van der Waals surface area contributed by atoms with Crippen LogP contribution in [0.5, 0.6) is 34.5 Å². The van der Waals surface area contributed by atoms with Gasteiger partial charge in [-0.2, -0.15) is 0 Å². The molecule has 512 valence electrons. The number of nitrogens with zero attached hydrogens (tertiary/aromatic N) is 6. The topological polar surface area (TPSA) is 177 Å². The maximum absolute atomic E-state index is 14.1. The Kier molecular flexibility index (Phi) is 20.3. The highest BCUT2D eigenvalue weighted by molar-refractivity contribution is 5.99. The number of aliphatic hydroxyl groups is 1. The highest BCUT2D eigenvalue weighted by Crippen LogP contribution is 2.49. The second kappa shape index (κ2) is 29.9. The highest BCUT2D eigenvalue weighted by Gasteiger charge is 2.44. The lowest BCUT2D eigenvalue weighted by atomic mass is 9.95. The van der Waals surface area contributed by atoms with Crippen LogP contribution in [-0.2, 0) is 25.8 Å². The van der Waals surface area contributed by atoms with Crippen LogP contribution in [-0.4, -0.2) is 91.0 Å². The molecule has 6 aromatic carbocycles. The number of benzene rings is 6. The van der Waals surface area contributed by atoms with E-state index in [2.05, 4.69) is 16.9 Å². The maximum Gasteiger partial charge on any atom is 0.254 e. The van der Waals surface area contributed by atoms with Crippen molar-refractivity contribution in [1.82, 2.24) is 35.0 Å². The summed E-state index contributed by atoms with van der Waals surface area (Å²) in [5, 5.41) is 12.5. The van der Waals surface area contributed by atoms with Crippen molar-refractivity contribution in [3.63, 3.8) is 0 Å². The number of pyridine rings is 3. The molecule has 21 heteroatoms. The molecule has 3 amide bonds. The monoisotopic (exact) mass is 1360 g/mol. The number of rotatable bonds is 21. The molecule has 15 rings (SSSR count). The smallest absolute Gasteiger partial charge is 0.254 e. The van der Waals surface area contributed by atoms with Gasteiger partial charge in [-0.1, -0.05) is 43.0 Å². The van der Waals surface area contributed by atoms with Gasteiger partial charge in [0.05, 0.1) is 53.2 Å². The molecule has 3 aromatic heterocycles. The lowest BCUT2D eigenvalue weighted by Crippen LogP contribution is -2.41. The standard InChI is InChI=1S/C28H29F2N3O3.C26H22F2N2O2.C25H20F2N2O3/c1-17(16-34)31-15-21-3-2-4-25(32-21)27(19-5-6-19)33-12-11-18-7-9-22(14-23(18)28(33)35)36-26-10-8-20(29)13-24(26)30;1-2-19-4-3-5-23(29-19)25(17-6-7-17)30-13-12-16-8-10-20(15-21(16)26(30)31)32-24-11-9-18(27)14-22(24)28;26-17-7-9-23(21(27)12-17)32-19-8-6-15-10-11-29(25(31)20(15)13-19)24(16-4-5-16)22-3-1-2-18(14-30)28-22/h2-4,7-10,13-14,17,19,27,31,34H,5-6,11-12,15-16H2,1H3;2-5,8-11,14-15,17,25H,1,6-7,12-13H2;1-3,6-9,12-14,16,24H,4-5,10-11H2/t17-,27-;25-;24-/m111/s1. The molecule has 3 aliphatic heterocycles. The van der Waals surface area contributed by atoms with Crippen LogP contribution in [0.15, 0.2) is 170 Å². The highest BCUT2D eigenvalue weighted by atomic mass is 19.2. The second-order valence-corrected chi connectivity index (χ2v) is 25.9. The quantitative estimate of drug-likeness (QED) is 0.0515. The van der Waals surface area contributed by atoms with E-state index < -0.39 is 34.9 Å². The Bertz CT molecular complexity index is 4400. The summed E-state index contributed by atoms with van der Waals surface area (Å²) in [5.41, 5.74) is 8.76. The summed E-state index contributed by atoms with van der Waals surface area (Å²) in [5.74, 6) is -3.08. The molecule has 0 radical (unpaired) electrons. The fraction of sp³-hybridized carbons (Fsp3) is 0.278. The van der Waals surface area contributed by atoms with Crippen molar-refractivity contribution < 1.29 is 64.8 Å². The number of carbonyl (C=O) groups excluding carboxylic acids is 4. The summed E-state index contributed by atoms with van der Waals surface area (Å²) in [6.45, 7) is 8.03. The van der Waals surface area contributed by atoms with Crippen LogP contribution in [0, 0.1) is 52.7 Å². The molecule has 6 aliphatic rings. The van der Waals surface area contributed by atoms with Crippen molar-refractivity contribution in [3.8, 4) is 34.5 Å². The van der Waals surface area contributed by atoms with E-state index in [0.717, 1.165) is 127 Å². The van der Waals surface area contributed by atoms with Crippen LogP contribution in [0.3, 0.4) is 0 Å². The van der Waals surface area contributed by atoms with Gasteiger partial charge in [-0.25, -0.2) is 31.3 Å². The third-order valence-electron chi connectivity index (χ3n) is 18.7. The van der Waals surface area contributed by atoms with Gasteiger partial charge in [0, 0.05) is 67.1 Å². The number of aliphatic hydroxyl groups excluding tert-OH is 1. The van der Waals surface area contributed by atoms with Crippen LogP contribution in [0.4, 0.5) is 26.3 Å². The van der Waals surface area contributed by atoms with E-state index >= 15 is 0 Å². The van der Waals surface area contributed by atoms with Gasteiger partial charge >= 0.3 is 0 Å². The van der Waals surface area contributed by atoms with Gasteiger partial charge in [-0.05, 0) is 214 Å². The Hall–Kier alpha value is -10.5. The summed E-state index contributed by atoms with van der Waals surface area (Å²) in [6, 6.07) is 41.3. The Morgan fingerprint density at radius 3 is 1.20 bits per heavy atom. The summed E-state index contributed by atoms with van der Waals surface area (Å²) in [7, 11) is 0. The molecule has 0 bridgehead atoms. The molecular weight excluding hydrogens is 1290 g/mol. The van der Waals surface area contributed by atoms with Gasteiger partial charge in [0.1, 0.15) is 40.4 Å². The molecule has 3 aliphatic carbocycles. The third-order valence-corrected chi connectivity index (χ3v) is 18.7. The SMILES string of the molecule is C=Cc1cccc([C@@H](C2CC2)N2CCc3ccc(Oc4ccc(F)cc4F)cc3C2=O)n1.C[C@H](CO)NCc1cccc([C@@H](C2CC2)N2CCc3ccc(Oc4ccc(F)cc4F)cc3C2=O)n1.O=Cc1cccc([C@@H](C2CC2)N2CCc3ccc(Oc4ccc(F)cc4F)cc3C2=O)n1. The minimum absolute atomic E-state index is 0.0327. The fourth-order valence-corrected chi connectivity index (χ4v) is 13.2. The Morgan fingerprint density at radius 1 is 0.490 bits per heavy atom. The molecule has 2 N–H and O–H groups in total. The van der Waals surface area contributed by atoms with Gasteiger partial charge in [0.2, 0.25) is 0 Å². The summed E-state index contributed by atoms with van der Waals surface area (Å²) >= 11 is 0. The molecule has 9 aromatic rings. The molecule has 0 spiro atoms. The number of aldehydes is 1. The van der Waals surface area contributed by atoms with Crippen LogP contribution < -0.4 is 19.5 Å². The van der Waals surface area contributed by atoms with E-state index in [4.69, 9.17) is 24.2 Å². The van der Waals surface area contributed by atoms with E-state index in [0.29, 0.717) is 103 Å². The lowest BCUT2D eigenvalue weighted by Gasteiger charge is -2.36. The molecule has 3 saturated carbocycles. The molecular formula is C79H71F6N7O8. The van der Waals surface area contributed by atoms with Crippen LogP contribution in [0.2, 0.25) is 0 Å². The van der Waals surface area contributed by atoms with Gasteiger partial charge < -0.3 is 39.3 Å². The minimum Gasteiger partial charge on any atom is -0.454 e. The van der Waals surface area contributed by atoms with Gasteiger partial charge in [0.15, 0.2) is 41.0 Å². The fourth-order valence-electron chi connectivity index (χ4n) is 13.2. The van der Waals surface area contributed by atoms with Crippen LogP contribution in [0.1, 0.15) is 150 Å². The number of ether oxygens (including phenoxy) is 3. The van der Waals surface area contributed by atoms with Crippen molar-refractivity contribution in [1.29, 1.82) is 0 Å². The molecule has 0 saturated heterocycles. The number of nitrogens with one attached hydrogen (secondary N) is 1. The Labute approximate surface area is 574 Å². The number of hydrogen-bond donors (Lipinski definition) is 2. The number of halogens is 6. The van der Waals surface area contributed by atoms with Crippen LogP contribution >= 0.6 is 0 Å². The zero-order valence-corrected chi connectivity index (χ0v) is 54.6. The molecule has 0 unspecified atom stereocenters. The van der Waals surface area contributed by atoms with Gasteiger partial charge in [-0.3, -0.25) is 29.1 Å². The van der Waals surface area contributed by atoms with Gasteiger partial charge in [-0.15, -0.1) is 0 Å². The molecule has 3 fully saturated rings. The first-order chi connectivity index (χ1) is 48.5. The van der Waals surface area contributed by atoms with Gasteiger partial charge in [0.25, 0.3) is 17.7 Å². The predicted molar refractivity (Wildman–Crippen MR) is 361 cm³/mol. The normalized spacial score (nSPS) is 16.6. The van der Waals surface area contributed by atoms with E-state index in [1.165, 1.54) is 18.2 Å². The van der Waals surface area contributed by atoms with E-state index in [1.54, 1.807) is 60.7 Å². The third kappa shape index (κ3) is 15.7. The number of amides is 3. The number of carbonyl (C=O) groups is 4. The maximum atomic E-state index is 14.1. The van der Waals surface area contributed by atoms with Crippen molar-refractivity contribution in [2.24, 2.45) is 17.8 Å². The van der Waals surface area contributed by atoms with E-state index in [-0.39, 0.29) is 65.7 Å². The number of aromatic nitrogens is 3. The largest absolute Gasteiger partial charge is 0.454 e. The summed E-state index contributed by atoms with van der Waals surface area (Å²) in [4.78, 5) is 71.5. The molecule has 6 heterocycles. The summed E-state index contributed by atoms with van der Waals surface area (Å²) in [6.07, 6.45) is 10.7. The molecule has 4 atom stereocenters. The second-order valence-electron chi connectivity index (χ2n) is 25.9. The van der Waals surface area contributed by atoms with E-state index in [9.17, 15) is 50.6 Å². The first-order valence-corrected chi connectivity index (χ1v) is 33.5. The summed E-state index contributed by atoms with van der Waals surface area (Å²) < 4.78 is 98.5. The number of fused-ring (bicyclic) bond motifs is 3. The first-order valence-electron chi connectivity index (χ1n) is 33.5. The zero-order chi connectivity index (χ0) is 69.7. The first kappa shape index (κ1) is 68.0. The van der Waals surface area contributed by atoms with Crippen molar-refractivity contribution in [2.75, 3.05) is 26.2 Å². The number of hydrogen-bond acceptors (Lipinski definition) is 12. The average molecular weight is 1360 g/mol. The zero-order valence-electron chi connectivity index (χ0n) is 54.6. The van der Waals surface area contributed by atoms with Crippen molar-refractivity contribution in [3.05, 3.63) is 273 Å². The van der Waals surface area contributed by atoms with Crippen molar-refractivity contribution in [2.45, 2.75) is 95.4 Å². The van der Waals surface area contributed by atoms with Crippen molar-refractivity contribution >= 4 is 30.1 Å². The predicted octanol–water partition coefficient (Wildman–Crippen LogP) is 15.8. The minimum atomic E-state index is -0.814. The molecule has 100 heavy (non-hydrogen) atoms. The van der Waals surface area contributed by atoms with E-state index in [1.807, 2.05) is 76.2 Å². The van der Waals surface area contributed by atoms with Crippen LogP contribution in [0.25, 0.3) is 6.08 Å².